The second-order valence-corrected chi connectivity index (χ2v) is 12.2. The summed E-state index contributed by atoms with van der Waals surface area (Å²) in [5.74, 6) is -0.390. The van der Waals surface area contributed by atoms with Crippen molar-refractivity contribution in [2.24, 2.45) is 17.6 Å². The molecule has 1 aliphatic carbocycles. The fourth-order valence-corrected chi connectivity index (χ4v) is 6.74. The molecular formula is C34H50N6O8. The van der Waals surface area contributed by atoms with Crippen LogP contribution in [-0.4, -0.2) is 97.1 Å². The minimum absolute atomic E-state index is 0.0774. The summed E-state index contributed by atoms with van der Waals surface area (Å²) >= 11 is 0. The van der Waals surface area contributed by atoms with Crippen molar-refractivity contribution in [3.8, 4) is 28.7 Å². The summed E-state index contributed by atoms with van der Waals surface area (Å²) < 4.78 is 27.9. The molecule has 8 N–H and O–H groups in total. The number of esters is 1. The van der Waals surface area contributed by atoms with Gasteiger partial charge in [0.05, 0.1) is 32.8 Å². The zero-order valence-corrected chi connectivity index (χ0v) is 27.9. The van der Waals surface area contributed by atoms with Crippen molar-refractivity contribution >= 4 is 12.0 Å². The lowest BCUT2D eigenvalue weighted by Gasteiger charge is -2.39. The van der Waals surface area contributed by atoms with Gasteiger partial charge in [0, 0.05) is 24.9 Å². The monoisotopic (exact) mass is 670 g/mol. The van der Waals surface area contributed by atoms with Gasteiger partial charge in [-0.05, 0) is 106 Å². The number of urea groups is 1. The van der Waals surface area contributed by atoms with E-state index in [9.17, 15) is 14.7 Å². The van der Waals surface area contributed by atoms with Crippen molar-refractivity contribution in [3.63, 3.8) is 0 Å². The Hall–Kier alpha value is -3.98. The average molecular weight is 671 g/mol. The van der Waals surface area contributed by atoms with Crippen LogP contribution < -0.4 is 51.3 Å². The van der Waals surface area contributed by atoms with E-state index in [-0.39, 0.29) is 48.6 Å². The Bertz CT molecular complexity index is 1370. The van der Waals surface area contributed by atoms with Gasteiger partial charge in [-0.1, -0.05) is 0 Å². The number of phenolic OH excluding ortho intramolecular Hbond substituents is 1. The Morgan fingerprint density at radius 2 is 1.44 bits per heavy atom. The maximum atomic E-state index is 13.3. The predicted octanol–water partition coefficient (Wildman–Crippen LogP) is 1.70. The molecule has 264 valence electrons. The highest BCUT2D eigenvalue weighted by Crippen LogP contribution is 2.55. The molecule has 3 aliphatic rings. The molecule has 0 aromatic heterocycles. The topological polar surface area (TPSA) is 187 Å². The Morgan fingerprint density at radius 3 is 2.08 bits per heavy atom. The van der Waals surface area contributed by atoms with Crippen LogP contribution in [0.15, 0.2) is 24.3 Å². The molecule has 2 amide bonds. The fraction of sp³-hybridized carbons (Fsp3) is 0.588. The van der Waals surface area contributed by atoms with E-state index in [0.29, 0.717) is 30.2 Å². The molecule has 14 heteroatoms. The number of carbonyl (C=O) groups is 2. The van der Waals surface area contributed by atoms with Crippen LogP contribution in [0, 0.1) is 11.8 Å². The van der Waals surface area contributed by atoms with E-state index in [1.54, 1.807) is 12.1 Å². The number of hydrogen-bond donors (Lipinski definition) is 7. The maximum absolute atomic E-state index is 13.3. The van der Waals surface area contributed by atoms with E-state index in [0.717, 1.165) is 76.1 Å². The number of amides is 2. The summed E-state index contributed by atoms with van der Waals surface area (Å²) in [5, 5.41) is 26.9. The molecule has 2 aromatic rings. The maximum Gasteiger partial charge on any atom is 0.315 e. The van der Waals surface area contributed by atoms with Gasteiger partial charge in [-0.2, -0.15) is 0 Å². The zero-order valence-electron chi connectivity index (χ0n) is 27.9. The summed E-state index contributed by atoms with van der Waals surface area (Å²) in [6, 6.07) is 6.28. The van der Waals surface area contributed by atoms with E-state index in [1.807, 2.05) is 12.1 Å². The van der Waals surface area contributed by atoms with Crippen molar-refractivity contribution in [1.82, 2.24) is 26.6 Å². The van der Waals surface area contributed by atoms with Crippen LogP contribution in [0.2, 0.25) is 0 Å². The highest BCUT2D eigenvalue weighted by molar-refractivity contribution is 5.80. The molecule has 0 radical (unpaired) electrons. The van der Waals surface area contributed by atoms with Gasteiger partial charge < -0.3 is 61.1 Å². The van der Waals surface area contributed by atoms with Crippen LogP contribution in [0.25, 0.3) is 0 Å². The molecule has 2 aliphatic heterocycles. The third-order valence-corrected chi connectivity index (χ3v) is 9.14. The SMILES string of the molecule is COc1cc(C2c3cc4c(cc3[C@@H](NC(=O)NCCNCCCNCCCCNCCCN)[C@H]3COC(=O)[C@H]23)OCO4)cc(OC)c1O. The summed E-state index contributed by atoms with van der Waals surface area (Å²) in [5.41, 5.74) is 7.79. The Morgan fingerprint density at radius 1 is 0.833 bits per heavy atom. The number of hydrogen-bond acceptors (Lipinski definition) is 12. The highest BCUT2D eigenvalue weighted by Gasteiger charge is 2.53. The van der Waals surface area contributed by atoms with Crippen molar-refractivity contribution in [3.05, 3.63) is 41.0 Å². The number of cyclic esters (lactones) is 1. The predicted molar refractivity (Wildman–Crippen MR) is 179 cm³/mol. The Balaban J connectivity index is 1.17. The number of rotatable bonds is 19. The summed E-state index contributed by atoms with van der Waals surface area (Å²) in [4.78, 5) is 26.5. The van der Waals surface area contributed by atoms with E-state index in [1.165, 1.54) is 14.2 Å². The highest BCUT2D eigenvalue weighted by atomic mass is 16.7. The Labute approximate surface area is 281 Å². The molecule has 1 saturated heterocycles. The van der Waals surface area contributed by atoms with Gasteiger partial charge in [-0.15, -0.1) is 0 Å². The first-order valence-electron chi connectivity index (χ1n) is 16.9. The third-order valence-electron chi connectivity index (χ3n) is 9.14. The summed E-state index contributed by atoms with van der Waals surface area (Å²) in [6.45, 7) is 6.82. The number of nitrogens with two attached hydrogens (primary N) is 1. The number of phenols is 1. The van der Waals surface area contributed by atoms with Crippen molar-refractivity contribution in [2.45, 2.75) is 37.6 Å². The number of aromatic hydroxyl groups is 1. The molecule has 5 rings (SSSR count). The number of methoxy groups -OCH3 is 2. The van der Waals surface area contributed by atoms with E-state index >= 15 is 0 Å². The molecule has 14 nitrogen and oxygen atoms in total. The molecule has 2 heterocycles. The minimum atomic E-state index is -0.615. The van der Waals surface area contributed by atoms with Gasteiger partial charge in [0.15, 0.2) is 23.0 Å². The Kier molecular flexibility index (Phi) is 12.8. The molecule has 1 fully saturated rings. The first kappa shape index (κ1) is 35.3. The van der Waals surface area contributed by atoms with Gasteiger partial charge in [0.2, 0.25) is 12.5 Å². The quantitative estimate of drug-likeness (QED) is 0.0849. The van der Waals surface area contributed by atoms with E-state index < -0.39 is 17.9 Å². The van der Waals surface area contributed by atoms with Gasteiger partial charge in [0.1, 0.15) is 0 Å². The van der Waals surface area contributed by atoms with E-state index in [4.69, 9.17) is 29.4 Å². The fourth-order valence-electron chi connectivity index (χ4n) is 6.74. The first-order valence-corrected chi connectivity index (χ1v) is 16.9. The first-order chi connectivity index (χ1) is 23.5. The standard InChI is InChI=1S/C34H50N6O8/c1-44-27-15-21(16-28(45-2)32(27)41)29-22-17-25-26(48-20-47-25)18-23(22)31(24-19-46-33(42)30(24)29)40-34(43)39-14-13-38-12-6-11-37-9-4-3-8-36-10-5-7-35/h15-18,24,29-31,36-38,41H,3-14,19-20,35H2,1-2H3,(H2,39,40,43)/t24-,29?,30-,31+/m0/s1. The number of unbranched alkanes of at least 4 members (excludes halogenated alkanes) is 1. The lowest BCUT2D eigenvalue weighted by atomic mass is 9.65. The van der Waals surface area contributed by atoms with Gasteiger partial charge >= 0.3 is 12.0 Å². The molecule has 1 unspecified atom stereocenters. The number of benzene rings is 2. The lowest BCUT2D eigenvalue weighted by molar-refractivity contribution is -0.141. The smallest absolute Gasteiger partial charge is 0.315 e. The minimum Gasteiger partial charge on any atom is -0.502 e. The van der Waals surface area contributed by atoms with Crippen LogP contribution in [0.4, 0.5) is 4.79 Å². The summed E-state index contributed by atoms with van der Waals surface area (Å²) in [7, 11) is 2.91. The molecule has 2 aromatic carbocycles. The third kappa shape index (κ3) is 8.35. The number of carbonyl (C=O) groups excluding carboxylic acids is 2. The van der Waals surface area contributed by atoms with Crippen LogP contribution in [0.3, 0.4) is 0 Å². The van der Waals surface area contributed by atoms with Crippen LogP contribution in [-0.2, 0) is 9.53 Å². The normalized spacial score (nSPS) is 20.5. The van der Waals surface area contributed by atoms with Gasteiger partial charge in [-0.25, -0.2) is 4.79 Å². The van der Waals surface area contributed by atoms with Crippen LogP contribution in [0.1, 0.15) is 54.3 Å². The lowest BCUT2D eigenvalue weighted by Crippen LogP contribution is -2.47. The molecule has 0 bridgehead atoms. The second-order valence-electron chi connectivity index (χ2n) is 12.2. The molecule has 0 saturated carbocycles. The molecule has 4 atom stereocenters. The van der Waals surface area contributed by atoms with Crippen molar-refractivity contribution in [1.29, 1.82) is 0 Å². The molecule has 48 heavy (non-hydrogen) atoms. The van der Waals surface area contributed by atoms with Crippen LogP contribution >= 0.6 is 0 Å². The zero-order chi connectivity index (χ0) is 33.9. The molecule has 0 spiro atoms. The average Bonchev–Trinajstić information content (AvgIpc) is 3.72. The number of fused-ring (bicyclic) bond motifs is 3. The van der Waals surface area contributed by atoms with Crippen molar-refractivity contribution in [2.75, 3.05) is 80.0 Å². The molecular weight excluding hydrogens is 620 g/mol. The van der Waals surface area contributed by atoms with Gasteiger partial charge in [-0.3, -0.25) is 4.79 Å². The van der Waals surface area contributed by atoms with E-state index in [2.05, 4.69) is 26.6 Å². The number of nitrogens with one attached hydrogen (secondary N) is 5. The van der Waals surface area contributed by atoms with Crippen LogP contribution in [0.5, 0.6) is 28.7 Å². The number of ether oxygens (including phenoxy) is 5. The van der Waals surface area contributed by atoms with Crippen molar-refractivity contribution < 1.29 is 38.4 Å². The largest absolute Gasteiger partial charge is 0.502 e. The second kappa shape index (κ2) is 17.4. The summed E-state index contributed by atoms with van der Waals surface area (Å²) in [6.07, 6.45) is 4.30. The van der Waals surface area contributed by atoms with Gasteiger partial charge in [0.25, 0.3) is 0 Å².